The highest BCUT2D eigenvalue weighted by Crippen LogP contribution is 2.35. The smallest absolute Gasteiger partial charge is 0.254 e. The van der Waals surface area contributed by atoms with E-state index in [2.05, 4.69) is 15.4 Å². The molecule has 6 heteroatoms. The van der Waals surface area contributed by atoms with Gasteiger partial charge in [-0.2, -0.15) is 5.10 Å². The SMILES string of the molecule is Cn1ncc2c1CCCC2NC(=O)c1cccnc1SC1CCCC1. The number of aryl methyl sites for hydroxylation is 1. The van der Waals surface area contributed by atoms with Crippen molar-refractivity contribution in [2.45, 2.75) is 61.3 Å². The van der Waals surface area contributed by atoms with Crippen LogP contribution in [0, 0.1) is 0 Å². The van der Waals surface area contributed by atoms with Crippen LogP contribution >= 0.6 is 11.8 Å². The van der Waals surface area contributed by atoms with Gasteiger partial charge in [0.05, 0.1) is 17.8 Å². The van der Waals surface area contributed by atoms with E-state index in [-0.39, 0.29) is 11.9 Å². The number of nitrogens with one attached hydrogen (secondary N) is 1. The molecular weight excluding hydrogens is 332 g/mol. The van der Waals surface area contributed by atoms with E-state index in [0.29, 0.717) is 10.8 Å². The third-order valence-electron chi connectivity index (χ3n) is 5.28. The lowest BCUT2D eigenvalue weighted by Gasteiger charge is -2.24. The molecule has 0 aromatic carbocycles. The molecule has 1 amide bonds. The van der Waals surface area contributed by atoms with Crippen LogP contribution in [0.2, 0.25) is 0 Å². The Morgan fingerprint density at radius 3 is 2.96 bits per heavy atom. The number of rotatable bonds is 4. The summed E-state index contributed by atoms with van der Waals surface area (Å²) in [6.07, 6.45) is 11.8. The van der Waals surface area contributed by atoms with Gasteiger partial charge in [0, 0.05) is 29.8 Å². The number of pyridine rings is 1. The van der Waals surface area contributed by atoms with Gasteiger partial charge in [-0.1, -0.05) is 12.8 Å². The summed E-state index contributed by atoms with van der Waals surface area (Å²) in [5.41, 5.74) is 3.11. The van der Waals surface area contributed by atoms with E-state index < -0.39 is 0 Å². The molecule has 4 rings (SSSR count). The standard InChI is InChI=1S/C19H24N4OS/c1-23-17-10-4-9-16(15(17)12-21-23)22-18(24)14-8-5-11-20-19(14)25-13-6-2-3-7-13/h5,8,11-13,16H,2-4,6-7,9-10H2,1H3,(H,22,24). The number of fused-ring (bicyclic) bond motifs is 1. The molecule has 1 unspecified atom stereocenters. The lowest BCUT2D eigenvalue weighted by molar-refractivity contribution is 0.0929. The van der Waals surface area contributed by atoms with Gasteiger partial charge >= 0.3 is 0 Å². The number of carbonyl (C=O) groups is 1. The van der Waals surface area contributed by atoms with E-state index in [9.17, 15) is 4.79 Å². The maximum atomic E-state index is 12.9. The van der Waals surface area contributed by atoms with Crippen LogP contribution in [0.1, 0.15) is 66.2 Å². The minimum absolute atomic E-state index is 0.0182. The summed E-state index contributed by atoms with van der Waals surface area (Å²) in [6, 6.07) is 3.80. The molecule has 2 aliphatic carbocycles. The second kappa shape index (κ2) is 7.20. The monoisotopic (exact) mass is 356 g/mol. The predicted molar refractivity (Wildman–Crippen MR) is 98.7 cm³/mol. The summed E-state index contributed by atoms with van der Waals surface area (Å²) in [5, 5.41) is 9.06. The first kappa shape index (κ1) is 16.6. The second-order valence-electron chi connectivity index (χ2n) is 6.97. The molecule has 2 aromatic rings. The first-order valence-electron chi connectivity index (χ1n) is 9.15. The molecule has 2 heterocycles. The van der Waals surface area contributed by atoms with Crippen LogP contribution in [0.3, 0.4) is 0 Å². The third kappa shape index (κ3) is 3.45. The van der Waals surface area contributed by atoms with Gasteiger partial charge in [-0.3, -0.25) is 9.48 Å². The van der Waals surface area contributed by atoms with Crippen molar-refractivity contribution >= 4 is 17.7 Å². The van der Waals surface area contributed by atoms with E-state index in [1.807, 2.05) is 30.1 Å². The molecule has 0 saturated heterocycles. The Labute approximate surface area is 152 Å². The largest absolute Gasteiger partial charge is 0.345 e. The Kier molecular flexibility index (Phi) is 4.79. The number of aromatic nitrogens is 3. The quantitative estimate of drug-likeness (QED) is 0.908. The van der Waals surface area contributed by atoms with Crippen molar-refractivity contribution in [3.8, 4) is 0 Å². The van der Waals surface area contributed by atoms with Gasteiger partial charge in [0.25, 0.3) is 5.91 Å². The minimum atomic E-state index is -0.0182. The highest BCUT2D eigenvalue weighted by molar-refractivity contribution is 7.99. The fourth-order valence-electron chi connectivity index (χ4n) is 3.91. The highest BCUT2D eigenvalue weighted by atomic mass is 32.2. The summed E-state index contributed by atoms with van der Waals surface area (Å²) in [6.45, 7) is 0. The number of nitrogens with zero attached hydrogens (tertiary/aromatic N) is 3. The van der Waals surface area contributed by atoms with Crippen LogP contribution in [0.5, 0.6) is 0 Å². The Balaban J connectivity index is 1.52. The minimum Gasteiger partial charge on any atom is -0.345 e. The molecule has 1 saturated carbocycles. The van der Waals surface area contributed by atoms with E-state index in [1.54, 1.807) is 18.0 Å². The summed E-state index contributed by atoms with van der Waals surface area (Å²) in [7, 11) is 1.97. The van der Waals surface area contributed by atoms with Gasteiger partial charge in [0.1, 0.15) is 5.03 Å². The Hall–Kier alpha value is -1.82. The lowest BCUT2D eigenvalue weighted by atomic mass is 9.93. The predicted octanol–water partition coefficient (Wildman–Crippen LogP) is 3.66. The first-order chi connectivity index (χ1) is 12.2. The maximum absolute atomic E-state index is 12.9. The van der Waals surface area contributed by atoms with Gasteiger partial charge in [0.15, 0.2) is 0 Å². The summed E-state index contributed by atoms with van der Waals surface area (Å²) < 4.78 is 1.93. The van der Waals surface area contributed by atoms with Gasteiger partial charge in [-0.15, -0.1) is 11.8 Å². The fourth-order valence-corrected chi connectivity index (χ4v) is 5.21. The zero-order chi connectivity index (χ0) is 17.2. The number of carbonyl (C=O) groups excluding carboxylic acids is 1. The lowest BCUT2D eigenvalue weighted by Crippen LogP contribution is -2.31. The average molecular weight is 356 g/mol. The molecular formula is C19H24N4OS. The fraction of sp³-hybridized carbons (Fsp3) is 0.526. The van der Waals surface area contributed by atoms with Gasteiger partial charge in [0.2, 0.25) is 0 Å². The van der Waals surface area contributed by atoms with Crippen LogP contribution in [0.25, 0.3) is 0 Å². The van der Waals surface area contributed by atoms with Crippen LogP contribution in [0.15, 0.2) is 29.6 Å². The molecule has 0 aliphatic heterocycles. The van der Waals surface area contributed by atoms with Crippen molar-refractivity contribution in [3.63, 3.8) is 0 Å². The Bertz CT molecular complexity index is 767. The molecule has 25 heavy (non-hydrogen) atoms. The molecule has 5 nitrogen and oxygen atoms in total. The second-order valence-corrected chi connectivity index (χ2v) is 8.26. The third-order valence-corrected chi connectivity index (χ3v) is 6.63. The average Bonchev–Trinajstić information content (AvgIpc) is 3.26. The van der Waals surface area contributed by atoms with Crippen LogP contribution in [-0.4, -0.2) is 25.9 Å². The van der Waals surface area contributed by atoms with E-state index in [4.69, 9.17) is 0 Å². The summed E-state index contributed by atoms with van der Waals surface area (Å²) >= 11 is 1.77. The normalized spacial score (nSPS) is 20.4. The molecule has 1 N–H and O–H groups in total. The van der Waals surface area contributed by atoms with Gasteiger partial charge in [-0.25, -0.2) is 4.98 Å². The van der Waals surface area contributed by atoms with Gasteiger partial charge in [-0.05, 0) is 44.2 Å². The molecule has 0 bridgehead atoms. The number of hydrogen-bond acceptors (Lipinski definition) is 4. The molecule has 2 aromatic heterocycles. The zero-order valence-electron chi connectivity index (χ0n) is 14.6. The summed E-state index contributed by atoms with van der Waals surface area (Å²) in [5.74, 6) is -0.0182. The number of hydrogen-bond donors (Lipinski definition) is 1. The van der Waals surface area contributed by atoms with Crippen LogP contribution in [-0.2, 0) is 13.5 Å². The number of amides is 1. The molecule has 132 valence electrons. The summed E-state index contributed by atoms with van der Waals surface area (Å²) in [4.78, 5) is 17.4. The first-order valence-corrected chi connectivity index (χ1v) is 10.0. The molecule has 0 spiro atoms. The van der Waals surface area contributed by atoms with Crippen LogP contribution < -0.4 is 5.32 Å². The molecule has 1 fully saturated rings. The van der Waals surface area contributed by atoms with Crippen molar-refractivity contribution in [2.24, 2.45) is 7.05 Å². The molecule has 1 atom stereocenters. The Morgan fingerprint density at radius 2 is 2.12 bits per heavy atom. The zero-order valence-corrected chi connectivity index (χ0v) is 15.4. The van der Waals surface area contributed by atoms with Crippen molar-refractivity contribution in [1.29, 1.82) is 0 Å². The topological polar surface area (TPSA) is 59.8 Å². The van der Waals surface area contributed by atoms with Crippen molar-refractivity contribution in [3.05, 3.63) is 41.3 Å². The van der Waals surface area contributed by atoms with Gasteiger partial charge < -0.3 is 5.32 Å². The molecule has 0 radical (unpaired) electrons. The van der Waals surface area contributed by atoms with E-state index >= 15 is 0 Å². The van der Waals surface area contributed by atoms with Crippen molar-refractivity contribution in [2.75, 3.05) is 0 Å². The van der Waals surface area contributed by atoms with Crippen molar-refractivity contribution in [1.82, 2.24) is 20.1 Å². The van der Waals surface area contributed by atoms with E-state index in [0.717, 1.165) is 29.9 Å². The highest BCUT2D eigenvalue weighted by Gasteiger charge is 2.27. The van der Waals surface area contributed by atoms with Crippen molar-refractivity contribution < 1.29 is 4.79 Å². The van der Waals surface area contributed by atoms with E-state index in [1.165, 1.54) is 31.4 Å². The maximum Gasteiger partial charge on any atom is 0.254 e. The van der Waals surface area contributed by atoms with Crippen LogP contribution in [0.4, 0.5) is 0 Å². The number of thioether (sulfide) groups is 1. The molecule has 2 aliphatic rings. The Morgan fingerprint density at radius 1 is 1.28 bits per heavy atom.